The Labute approximate surface area is 109 Å². The van der Waals surface area contributed by atoms with Crippen molar-refractivity contribution in [2.24, 2.45) is 0 Å². The molecule has 0 aliphatic carbocycles. The zero-order valence-electron chi connectivity index (χ0n) is 11.4. The maximum atomic E-state index is 11.8. The fourth-order valence-electron chi connectivity index (χ4n) is 1.73. The van der Waals surface area contributed by atoms with Crippen molar-refractivity contribution < 1.29 is 4.79 Å². The molecule has 0 bridgehead atoms. The molecule has 18 heavy (non-hydrogen) atoms. The average molecular weight is 246 g/mol. The molecule has 0 fully saturated rings. The quantitative estimate of drug-likeness (QED) is 0.619. The van der Waals surface area contributed by atoms with Gasteiger partial charge in [0.05, 0.1) is 6.54 Å². The molecule has 0 aliphatic rings. The summed E-state index contributed by atoms with van der Waals surface area (Å²) in [6.45, 7) is 10.9. The normalized spacial score (nSPS) is 11.1. The van der Waals surface area contributed by atoms with Crippen LogP contribution >= 0.6 is 0 Å². The second kappa shape index (κ2) is 6.36. The number of nitrogens with one attached hydrogen (secondary N) is 2. The van der Waals surface area contributed by atoms with Crippen LogP contribution in [0, 0.1) is 0 Å². The van der Waals surface area contributed by atoms with Gasteiger partial charge in [0, 0.05) is 12.2 Å². The highest BCUT2D eigenvalue weighted by Gasteiger charge is 2.18. The lowest BCUT2D eigenvalue weighted by atomic mass is 9.86. The fraction of sp³-hybridized carbons (Fsp3) is 0.400. The van der Waals surface area contributed by atoms with E-state index >= 15 is 0 Å². The van der Waals surface area contributed by atoms with Crippen molar-refractivity contribution in [1.82, 2.24) is 5.32 Å². The molecule has 3 heteroatoms. The van der Waals surface area contributed by atoms with Gasteiger partial charge in [-0.3, -0.25) is 4.79 Å². The number of amides is 1. The minimum atomic E-state index is -0.0338. The van der Waals surface area contributed by atoms with Gasteiger partial charge in [-0.1, -0.05) is 45.0 Å². The first-order chi connectivity index (χ1) is 8.45. The Morgan fingerprint density at radius 2 is 2.00 bits per heavy atom. The lowest BCUT2D eigenvalue weighted by Gasteiger charge is -2.23. The predicted molar refractivity (Wildman–Crippen MR) is 76.8 cm³/mol. The van der Waals surface area contributed by atoms with Gasteiger partial charge in [0.25, 0.3) is 0 Å². The van der Waals surface area contributed by atoms with Crippen molar-refractivity contribution in [2.75, 3.05) is 18.4 Å². The van der Waals surface area contributed by atoms with Gasteiger partial charge in [0.15, 0.2) is 0 Å². The van der Waals surface area contributed by atoms with Crippen LogP contribution in [0.15, 0.2) is 36.9 Å². The molecule has 1 aromatic rings. The number of hydrogen-bond acceptors (Lipinski definition) is 2. The molecule has 0 spiro atoms. The van der Waals surface area contributed by atoms with Gasteiger partial charge in [-0.25, -0.2) is 0 Å². The number of para-hydroxylation sites is 1. The van der Waals surface area contributed by atoms with E-state index in [-0.39, 0.29) is 11.3 Å². The zero-order chi connectivity index (χ0) is 13.6. The summed E-state index contributed by atoms with van der Waals surface area (Å²) in [6, 6.07) is 7.91. The molecule has 0 radical (unpaired) electrons. The summed E-state index contributed by atoms with van der Waals surface area (Å²) >= 11 is 0. The highest BCUT2D eigenvalue weighted by Crippen LogP contribution is 2.28. The van der Waals surface area contributed by atoms with Gasteiger partial charge in [-0.05, 0) is 17.0 Å². The molecule has 2 N–H and O–H groups in total. The predicted octanol–water partition coefficient (Wildman–Crippen LogP) is 2.70. The monoisotopic (exact) mass is 246 g/mol. The van der Waals surface area contributed by atoms with E-state index < -0.39 is 0 Å². The summed E-state index contributed by atoms with van der Waals surface area (Å²) in [5.74, 6) is -0.0338. The topological polar surface area (TPSA) is 41.1 Å². The van der Waals surface area contributed by atoms with E-state index in [0.717, 1.165) is 11.3 Å². The average Bonchev–Trinajstić information content (AvgIpc) is 2.28. The summed E-state index contributed by atoms with van der Waals surface area (Å²) in [6.07, 6.45) is 1.73. The number of anilines is 1. The summed E-state index contributed by atoms with van der Waals surface area (Å²) in [5, 5.41) is 5.92. The van der Waals surface area contributed by atoms with Gasteiger partial charge in [-0.2, -0.15) is 0 Å². The van der Waals surface area contributed by atoms with Crippen molar-refractivity contribution in [2.45, 2.75) is 26.2 Å². The van der Waals surface area contributed by atoms with Crippen molar-refractivity contribution in [1.29, 1.82) is 0 Å². The summed E-state index contributed by atoms with van der Waals surface area (Å²) < 4.78 is 0. The number of rotatable bonds is 5. The van der Waals surface area contributed by atoms with Crippen molar-refractivity contribution in [3.63, 3.8) is 0 Å². The SMILES string of the molecule is C=CCNCC(=O)Nc1ccccc1C(C)(C)C. The molecule has 0 atom stereocenters. The van der Waals surface area contributed by atoms with Crippen LogP contribution in [0.3, 0.4) is 0 Å². The molecule has 0 heterocycles. The van der Waals surface area contributed by atoms with Crippen LogP contribution in [-0.4, -0.2) is 19.0 Å². The van der Waals surface area contributed by atoms with E-state index in [1.165, 1.54) is 0 Å². The molecule has 0 saturated heterocycles. The fourth-order valence-corrected chi connectivity index (χ4v) is 1.73. The molecule has 0 aliphatic heterocycles. The number of benzene rings is 1. The second-order valence-corrected chi connectivity index (χ2v) is 5.26. The molecule has 1 amide bonds. The first-order valence-electron chi connectivity index (χ1n) is 6.16. The van der Waals surface area contributed by atoms with Crippen LogP contribution in [0.1, 0.15) is 26.3 Å². The van der Waals surface area contributed by atoms with E-state index in [1.807, 2.05) is 24.3 Å². The minimum Gasteiger partial charge on any atom is -0.325 e. The Hall–Kier alpha value is -1.61. The van der Waals surface area contributed by atoms with E-state index in [0.29, 0.717) is 13.1 Å². The summed E-state index contributed by atoms with van der Waals surface area (Å²) in [7, 11) is 0. The first kappa shape index (κ1) is 14.5. The third-order valence-corrected chi connectivity index (χ3v) is 2.58. The Morgan fingerprint density at radius 1 is 1.33 bits per heavy atom. The Kier molecular flexibility index (Phi) is 5.10. The van der Waals surface area contributed by atoms with Crippen LogP contribution in [0.2, 0.25) is 0 Å². The second-order valence-electron chi connectivity index (χ2n) is 5.26. The third kappa shape index (κ3) is 4.34. The van der Waals surface area contributed by atoms with Crippen LogP contribution < -0.4 is 10.6 Å². The van der Waals surface area contributed by atoms with Gasteiger partial charge < -0.3 is 10.6 Å². The molecule has 0 unspecified atom stereocenters. The van der Waals surface area contributed by atoms with Gasteiger partial charge in [0.2, 0.25) is 5.91 Å². The largest absolute Gasteiger partial charge is 0.325 e. The molecular weight excluding hydrogens is 224 g/mol. The lowest BCUT2D eigenvalue weighted by molar-refractivity contribution is -0.115. The van der Waals surface area contributed by atoms with Crippen molar-refractivity contribution in [3.05, 3.63) is 42.5 Å². The first-order valence-corrected chi connectivity index (χ1v) is 6.16. The molecular formula is C15H22N2O. The van der Waals surface area contributed by atoms with Crippen LogP contribution in [0.4, 0.5) is 5.69 Å². The third-order valence-electron chi connectivity index (χ3n) is 2.58. The Balaban J connectivity index is 2.72. The molecule has 1 aromatic carbocycles. The highest BCUT2D eigenvalue weighted by atomic mass is 16.1. The molecule has 0 saturated carbocycles. The van der Waals surface area contributed by atoms with E-state index in [9.17, 15) is 4.79 Å². The minimum absolute atomic E-state index is 0.0123. The van der Waals surface area contributed by atoms with Gasteiger partial charge in [0.1, 0.15) is 0 Å². The number of carbonyl (C=O) groups is 1. The molecule has 3 nitrogen and oxygen atoms in total. The lowest BCUT2D eigenvalue weighted by Crippen LogP contribution is -2.29. The molecule has 0 aromatic heterocycles. The molecule has 1 rings (SSSR count). The maximum absolute atomic E-state index is 11.8. The number of carbonyl (C=O) groups excluding carboxylic acids is 1. The summed E-state index contributed by atoms with van der Waals surface area (Å²) in [4.78, 5) is 11.8. The Bertz CT molecular complexity index is 419. The van der Waals surface area contributed by atoms with Crippen LogP contribution in [-0.2, 0) is 10.2 Å². The standard InChI is InChI=1S/C15H22N2O/c1-5-10-16-11-14(18)17-13-9-7-6-8-12(13)15(2,3)4/h5-9,16H,1,10-11H2,2-4H3,(H,17,18). The molecule has 98 valence electrons. The smallest absolute Gasteiger partial charge is 0.238 e. The zero-order valence-corrected chi connectivity index (χ0v) is 11.4. The maximum Gasteiger partial charge on any atom is 0.238 e. The van der Waals surface area contributed by atoms with Crippen molar-refractivity contribution >= 4 is 11.6 Å². The van der Waals surface area contributed by atoms with Gasteiger partial charge >= 0.3 is 0 Å². The van der Waals surface area contributed by atoms with E-state index in [2.05, 4.69) is 38.0 Å². The van der Waals surface area contributed by atoms with Gasteiger partial charge in [-0.15, -0.1) is 6.58 Å². The van der Waals surface area contributed by atoms with Crippen LogP contribution in [0.25, 0.3) is 0 Å². The van der Waals surface area contributed by atoms with Crippen molar-refractivity contribution in [3.8, 4) is 0 Å². The van der Waals surface area contributed by atoms with Crippen LogP contribution in [0.5, 0.6) is 0 Å². The highest BCUT2D eigenvalue weighted by molar-refractivity contribution is 5.93. The van der Waals surface area contributed by atoms with E-state index in [4.69, 9.17) is 0 Å². The summed E-state index contributed by atoms with van der Waals surface area (Å²) in [5.41, 5.74) is 2.04. The van der Waals surface area contributed by atoms with E-state index in [1.54, 1.807) is 6.08 Å². The Morgan fingerprint density at radius 3 is 2.61 bits per heavy atom. The number of hydrogen-bond donors (Lipinski definition) is 2.